The molecule has 2 N–H and O–H groups in total. The molecule has 0 spiro atoms. The maximum absolute atomic E-state index is 12.2. The van der Waals surface area contributed by atoms with Crippen molar-refractivity contribution in [2.45, 2.75) is 19.8 Å². The van der Waals surface area contributed by atoms with Crippen molar-refractivity contribution >= 4 is 35.2 Å². The predicted octanol–water partition coefficient (Wildman–Crippen LogP) is 3.29. The van der Waals surface area contributed by atoms with Crippen LogP contribution >= 0.6 is 23.2 Å². The van der Waals surface area contributed by atoms with Gasteiger partial charge in [0.2, 0.25) is 0 Å². The third-order valence-corrected chi connectivity index (χ3v) is 4.86. The van der Waals surface area contributed by atoms with Gasteiger partial charge in [0.05, 0.1) is 16.0 Å². The molecule has 1 aliphatic rings. The molecule has 1 aliphatic heterocycles. The lowest BCUT2D eigenvalue weighted by Gasteiger charge is -2.34. The molecule has 7 heteroatoms. The first-order valence-corrected chi connectivity index (χ1v) is 8.32. The predicted molar refractivity (Wildman–Crippen MR) is 90.0 cm³/mol. The fraction of sp³-hybridized carbons (Fsp3) is 0.500. The summed E-state index contributed by atoms with van der Waals surface area (Å²) in [5.74, 6) is -1.16. The molecule has 23 heavy (non-hydrogen) atoms. The highest BCUT2D eigenvalue weighted by atomic mass is 35.5. The average Bonchev–Trinajstić information content (AvgIpc) is 2.50. The molecule has 1 aromatic rings. The van der Waals surface area contributed by atoms with Gasteiger partial charge in [0.15, 0.2) is 0 Å². The van der Waals surface area contributed by atoms with Crippen LogP contribution < -0.4 is 5.32 Å². The zero-order valence-corrected chi connectivity index (χ0v) is 14.4. The van der Waals surface area contributed by atoms with Crippen molar-refractivity contribution in [1.29, 1.82) is 0 Å². The number of carbonyl (C=O) groups is 2. The Morgan fingerprint density at radius 1 is 1.35 bits per heavy atom. The van der Waals surface area contributed by atoms with Crippen molar-refractivity contribution in [1.82, 2.24) is 10.2 Å². The number of carboxylic acids is 1. The molecule has 0 aromatic heterocycles. The molecule has 1 saturated heterocycles. The standard InChI is InChI=1S/C16H20Cl2N2O3/c1-10-7-12(15(21)22)9-20(8-10)16(23)19-6-5-11-3-2-4-13(17)14(11)18/h2-4,10,12H,5-9H2,1H3,(H,19,23)(H,21,22). The smallest absolute Gasteiger partial charge is 0.317 e. The van der Waals surface area contributed by atoms with Crippen LogP contribution in [0.1, 0.15) is 18.9 Å². The van der Waals surface area contributed by atoms with Crippen molar-refractivity contribution in [3.05, 3.63) is 33.8 Å². The second-order valence-electron chi connectivity index (χ2n) is 5.98. The van der Waals surface area contributed by atoms with Gasteiger partial charge < -0.3 is 15.3 Å². The van der Waals surface area contributed by atoms with Gasteiger partial charge in [0, 0.05) is 19.6 Å². The summed E-state index contributed by atoms with van der Waals surface area (Å²) < 4.78 is 0. The van der Waals surface area contributed by atoms with Crippen LogP contribution in [0, 0.1) is 11.8 Å². The molecule has 0 bridgehead atoms. The van der Waals surface area contributed by atoms with Crippen LogP contribution in [-0.2, 0) is 11.2 Å². The number of hydrogen-bond donors (Lipinski definition) is 2. The number of benzene rings is 1. The Balaban J connectivity index is 1.87. The molecule has 2 amide bonds. The van der Waals surface area contributed by atoms with Crippen LogP contribution in [0.25, 0.3) is 0 Å². The van der Waals surface area contributed by atoms with E-state index in [1.807, 2.05) is 19.1 Å². The van der Waals surface area contributed by atoms with E-state index >= 15 is 0 Å². The molecule has 1 fully saturated rings. The van der Waals surface area contributed by atoms with E-state index in [2.05, 4.69) is 5.32 Å². The number of likely N-dealkylation sites (tertiary alicyclic amines) is 1. The van der Waals surface area contributed by atoms with E-state index in [1.54, 1.807) is 11.0 Å². The van der Waals surface area contributed by atoms with Crippen LogP contribution in [0.4, 0.5) is 4.79 Å². The molecule has 0 radical (unpaired) electrons. The van der Waals surface area contributed by atoms with Gasteiger partial charge in [-0.25, -0.2) is 4.79 Å². The van der Waals surface area contributed by atoms with Crippen LogP contribution in [-0.4, -0.2) is 41.6 Å². The van der Waals surface area contributed by atoms with Gasteiger partial charge in [0.1, 0.15) is 0 Å². The SMILES string of the molecule is CC1CC(C(=O)O)CN(C(=O)NCCc2cccc(Cl)c2Cl)C1. The lowest BCUT2D eigenvalue weighted by atomic mass is 9.91. The molecule has 0 aliphatic carbocycles. The molecule has 0 saturated carbocycles. The summed E-state index contributed by atoms with van der Waals surface area (Å²) in [7, 11) is 0. The minimum atomic E-state index is -0.847. The van der Waals surface area contributed by atoms with Gasteiger partial charge in [0.25, 0.3) is 0 Å². The molecule has 1 aromatic carbocycles. The molecule has 2 atom stereocenters. The van der Waals surface area contributed by atoms with Crippen molar-refractivity contribution in [2.24, 2.45) is 11.8 Å². The Labute approximate surface area is 145 Å². The number of halogens is 2. The summed E-state index contributed by atoms with van der Waals surface area (Å²) >= 11 is 12.1. The van der Waals surface area contributed by atoms with E-state index in [0.29, 0.717) is 36.0 Å². The fourth-order valence-corrected chi connectivity index (χ4v) is 3.27. The maximum atomic E-state index is 12.2. The van der Waals surface area contributed by atoms with Gasteiger partial charge in [-0.2, -0.15) is 0 Å². The summed E-state index contributed by atoms with van der Waals surface area (Å²) in [5.41, 5.74) is 0.870. The quantitative estimate of drug-likeness (QED) is 0.867. The topological polar surface area (TPSA) is 69.6 Å². The Hall–Kier alpha value is -1.46. The van der Waals surface area contributed by atoms with E-state index in [4.69, 9.17) is 28.3 Å². The van der Waals surface area contributed by atoms with Gasteiger partial charge in [-0.15, -0.1) is 0 Å². The first kappa shape index (κ1) is 17.9. The Morgan fingerprint density at radius 3 is 2.78 bits per heavy atom. The summed E-state index contributed by atoms with van der Waals surface area (Å²) in [6.07, 6.45) is 1.17. The number of hydrogen-bond acceptors (Lipinski definition) is 2. The van der Waals surface area contributed by atoms with Crippen LogP contribution in [0.2, 0.25) is 10.0 Å². The molecule has 5 nitrogen and oxygen atoms in total. The van der Waals surface area contributed by atoms with Gasteiger partial charge in [-0.1, -0.05) is 42.3 Å². The third-order valence-electron chi connectivity index (χ3n) is 4.00. The Kier molecular flexibility index (Phi) is 6.13. The van der Waals surface area contributed by atoms with Crippen molar-refractivity contribution in [3.63, 3.8) is 0 Å². The van der Waals surface area contributed by atoms with Crippen molar-refractivity contribution < 1.29 is 14.7 Å². The lowest BCUT2D eigenvalue weighted by molar-refractivity contribution is -0.143. The van der Waals surface area contributed by atoms with Gasteiger partial charge in [-0.05, 0) is 30.4 Å². The lowest BCUT2D eigenvalue weighted by Crippen LogP contribution is -2.49. The molecule has 1 heterocycles. The number of urea groups is 1. The minimum Gasteiger partial charge on any atom is -0.481 e. The number of carboxylic acid groups (broad SMARTS) is 1. The van der Waals surface area contributed by atoms with Crippen LogP contribution in [0.15, 0.2) is 18.2 Å². The van der Waals surface area contributed by atoms with E-state index < -0.39 is 11.9 Å². The minimum absolute atomic E-state index is 0.179. The Morgan fingerprint density at radius 2 is 2.09 bits per heavy atom. The van der Waals surface area contributed by atoms with E-state index in [0.717, 1.165) is 5.56 Å². The molecule has 126 valence electrons. The summed E-state index contributed by atoms with van der Waals surface area (Å²) in [6, 6.07) is 5.16. The summed E-state index contributed by atoms with van der Waals surface area (Å²) in [4.78, 5) is 24.9. The van der Waals surface area contributed by atoms with Gasteiger partial charge in [-0.3, -0.25) is 4.79 Å². The van der Waals surface area contributed by atoms with Crippen LogP contribution in [0.5, 0.6) is 0 Å². The first-order valence-electron chi connectivity index (χ1n) is 7.57. The number of rotatable bonds is 4. The van der Waals surface area contributed by atoms with Gasteiger partial charge >= 0.3 is 12.0 Å². The third kappa shape index (κ3) is 4.75. The highest BCUT2D eigenvalue weighted by Crippen LogP contribution is 2.25. The Bertz CT molecular complexity index is 595. The highest BCUT2D eigenvalue weighted by molar-refractivity contribution is 6.42. The number of nitrogens with zero attached hydrogens (tertiary/aromatic N) is 1. The normalized spacial score (nSPS) is 21.1. The number of nitrogens with one attached hydrogen (secondary N) is 1. The maximum Gasteiger partial charge on any atom is 0.317 e. The molecule has 2 rings (SSSR count). The second-order valence-corrected chi connectivity index (χ2v) is 6.76. The first-order chi connectivity index (χ1) is 10.9. The molecular weight excluding hydrogens is 339 g/mol. The largest absolute Gasteiger partial charge is 0.481 e. The summed E-state index contributed by atoms with van der Waals surface area (Å²) in [5, 5.41) is 13.0. The number of aliphatic carboxylic acids is 1. The average molecular weight is 359 g/mol. The summed E-state index contributed by atoms with van der Waals surface area (Å²) in [6.45, 7) is 3.21. The zero-order valence-electron chi connectivity index (χ0n) is 12.9. The van der Waals surface area contributed by atoms with Crippen molar-refractivity contribution in [3.8, 4) is 0 Å². The van der Waals surface area contributed by atoms with E-state index in [1.165, 1.54) is 0 Å². The van der Waals surface area contributed by atoms with E-state index in [9.17, 15) is 9.59 Å². The monoisotopic (exact) mass is 358 g/mol. The molecular formula is C16H20Cl2N2O3. The van der Waals surface area contributed by atoms with E-state index in [-0.39, 0.29) is 18.5 Å². The highest BCUT2D eigenvalue weighted by Gasteiger charge is 2.31. The van der Waals surface area contributed by atoms with Crippen molar-refractivity contribution in [2.75, 3.05) is 19.6 Å². The molecule has 2 unspecified atom stereocenters. The zero-order chi connectivity index (χ0) is 17.0. The number of amides is 2. The second kappa shape index (κ2) is 7.88. The van der Waals surface area contributed by atoms with Crippen LogP contribution in [0.3, 0.4) is 0 Å². The number of carbonyl (C=O) groups excluding carboxylic acids is 1. The fourth-order valence-electron chi connectivity index (χ4n) is 2.85. The number of piperidine rings is 1.